The van der Waals surface area contributed by atoms with Crippen molar-refractivity contribution in [3.8, 4) is 11.1 Å². The molecular weight excluding hydrogens is 212 g/mol. The first-order valence-electron chi connectivity index (χ1n) is 6.34. The first-order valence-corrected chi connectivity index (χ1v) is 6.34. The van der Waals surface area contributed by atoms with E-state index < -0.39 is 0 Å². The Balaban J connectivity index is 1.64. The maximum absolute atomic E-state index is 12.3. The molecule has 0 aromatic rings. The summed E-state index contributed by atoms with van der Waals surface area (Å²) in [5.74, 6) is 0.211. The number of amides is 1. The zero-order valence-corrected chi connectivity index (χ0v) is 10.4. The molecule has 1 fully saturated rings. The van der Waals surface area contributed by atoms with Crippen LogP contribution >= 0.6 is 0 Å². The summed E-state index contributed by atoms with van der Waals surface area (Å²) in [6.07, 6.45) is 0. The van der Waals surface area contributed by atoms with Gasteiger partial charge in [-0.3, -0.25) is 9.69 Å². The molecule has 0 aromatic carbocycles. The van der Waals surface area contributed by atoms with Crippen molar-refractivity contribution in [3.63, 3.8) is 0 Å². The van der Waals surface area contributed by atoms with Crippen LogP contribution in [-0.2, 0) is 0 Å². The van der Waals surface area contributed by atoms with E-state index in [4.69, 9.17) is 0 Å². The fourth-order valence-corrected chi connectivity index (χ4v) is 2.55. The van der Waals surface area contributed by atoms with Crippen LogP contribution in [0.2, 0.25) is 0 Å². The van der Waals surface area contributed by atoms with Gasteiger partial charge in [0.1, 0.15) is 0 Å². The smallest absolute Gasteiger partial charge is 0.254 e. The molecule has 3 nitrogen and oxygen atoms in total. The number of carbonyl (C=O) groups is 1. The SMILES string of the molecule is CC(C)N1CCN(C(=O)c2ccc3cc2-3)CC1. The molecular formula is C14H18N2O. The van der Waals surface area contributed by atoms with E-state index >= 15 is 0 Å². The third kappa shape index (κ3) is 1.84. The maximum atomic E-state index is 12.3. The van der Waals surface area contributed by atoms with E-state index in [1.165, 1.54) is 11.1 Å². The molecule has 0 atom stereocenters. The molecule has 3 rings (SSSR count). The number of hydrogen-bond acceptors (Lipinski definition) is 2. The van der Waals surface area contributed by atoms with Crippen LogP contribution in [0.25, 0.3) is 11.1 Å². The van der Waals surface area contributed by atoms with E-state index in [0.717, 1.165) is 31.7 Å². The largest absolute Gasteiger partial charge is 0.336 e. The maximum Gasteiger partial charge on any atom is 0.254 e. The van der Waals surface area contributed by atoms with Crippen LogP contribution in [0.1, 0.15) is 24.2 Å². The van der Waals surface area contributed by atoms with Crippen molar-refractivity contribution in [1.82, 2.24) is 9.80 Å². The van der Waals surface area contributed by atoms with E-state index in [1.807, 2.05) is 17.0 Å². The normalized spacial score (nSPS) is 18.6. The highest BCUT2D eigenvalue weighted by molar-refractivity contribution is 6.06. The summed E-state index contributed by atoms with van der Waals surface area (Å²) >= 11 is 0. The van der Waals surface area contributed by atoms with Gasteiger partial charge in [0.15, 0.2) is 0 Å². The average molecular weight is 230 g/mol. The summed E-state index contributed by atoms with van der Waals surface area (Å²) in [6.45, 7) is 8.13. The third-order valence-electron chi connectivity index (χ3n) is 3.81. The number of rotatable bonds is 2. The van der Waals surface area contributed by atoms with Crippen LogP contribution in [0.15, 0.2) is 18.2 Å². The van der Waals surface area contributed by atoms with Crippen LogP contribution in [-0.4, -0.2) is 47.9 Å². The van der Waals surface area contributed by atoms with Crippen LogP contribution < -0.4 is 0 Å². The predicted octanol–water partition coefficient (Wildman–Crippen LogP) is 1.83. The average Bonchev–Trinajstić information content (AvgIpc) is 3.00. The van der Waals surface area contributed by atoms with Gasteiger partial charge in [-0.2, -0.15) is 0 Å². The van der Waals surface area contributed by atoms with Crippen molar-refractivity contribution < 1.29 is 4.79 Å². The zero-order chi connectivity index (χ0) is 12.0. The van der Waals surface area contributed by atoms with Crippen molar-refractivity contribution in [2.24, 2.45) is 0 Å². The van der Waals surface area contributed by atoms with Gasteiger partial charge in [0.2, 0.25) is 0 Å². The minimum Gasteiger partial charge on any atom is -0.336 e. The molecule has 3 aliphatic rings. The molecule has 90 valence electrons. The lowest BCUT2D eigenvalue weighted by atomic mass is 10.2. The van der Waals surface area contributed by atoms with Gasteiger partial charge in [-0.05, 0) is 37.1 Å². The molecule has 17 heavy (non-hydrogen) atoms. The predicted molar refractivity (Wildman–Crippen MR) is 68.0 cm³/mol. The number of nitrogens with zero attached hydrogens (tertiary/aromatic N) is 2. The summed E-state index contributed by atoms with van der Waals surface area (Å²) in [6, 6.07) is 6.66. The van der Waals surface area contributed by atoms with E-state index in [-0.39, 0.29) is 5.91 Å². The van der Waals surface area contributed by atoms with Crippen molar-refractivity contribution in [2.45, 2.75) is 19.9 Å². The standard InChI is InChI=1S/C14H18N2O/c1-10(2)15-5-7-16(8-6-15)14(17)12-4-3-11-9-13(11)12/h3-4,9-10H,5-8H2,1-2H3. The lowest BCUT2D eigenvalue weighted by Gasteiger charge is -2.36. The molecule has 0 bridgehead atoms. The van der Waals surface area contributed by atoms with Gasteiger partial charge in [0.05, 0.1) is 0 Å². The molecule has 0 N–H and O–H groups in total. The lowest BCUT2D eigenvalue weighted by molar-refractivity contribution is 0.0597. The lowest BCUT2D eigenvalue weighted by Crippen LogP contribution is -2.50. The highest BCUT2D eigenvalue weighted by Gasteiger charge is 2.28. The Kier molecular flexibility index (Phi) is 2.44. The second kappa shape index (κ2) is 3.84. The molecule has 1 heterocycles. The van der Waals surface area contributed by atoms with E-state index in [2.05, 4.69) is 24.8 Å². The molecule has 1 aliphatic heterocycles. The fourth-order valence-electron chi connectivity index (χ4n) is 2.55. The minimum absolute atomic E-state index is 0.211. The minimum atomic E-state index is 0.211. The van der Waals surface area contributed by atoms with E-state index in [9.17, 15) is 4.79 Å². The van der Waals surface area contributed by atoms with Gasteiger partial charge in [-0.1, -0.05) is 6.07 Å². The number of benzene rings is 1. The number of piperazine rings is 1. The summed E-state index contributed by atoms with van der Waals surface area (Å²) < 4.78 is 0. The monoisotopic (exact) mass is 230 g/mol. The summed E-state index contributed by atoms with van der Waals surface area (Å²) in [4.78, 5) is 16.7. The topological polar surface area (TPSA) is 23.6 Å². The molecule has 1 amide bonds. The van der Waals surface area contributed by atoms with Gasteiger partial charge in [0.25, 0.3) is 5.91 Å². The Labute approximate surface area is 102 Å². The van der Waals surface area contributed by atoms with Gasteiger partial charge >= 0.3 is 0 Å². The molecule has 0 spiro atoms. The highest BCUT2D eigenvalue weighted by Crippen LogP contribution is 2.38. The molecule has 1 saturated heterocycles. The first kappa shape index (κ1) is 10.8. The Morgan fingerprint density at radius 1 is 1.18 bits per heavy atom. The van der Waals surface area contributed by atoms with Crippen molar-refractivity contribution in [2.75, 3.05) is 26.2 Å². The van der Waals surface area contributed by atoms with Gasteiger partial charge < -0.3 is 4.90 Å². The third-order valence-corrected chi connectivity index (χ3v) is 3.81. The first-order chi connectivity index (χ1) is 8.16. The zero-order valence-electron chi connectivity index (χ0n) is 10.4. The Morgan fingerprint density at radius 3 is 2.35 bits per heavy atom. The van der Waals surface area contributed by atoms with Gasteiger partial charge in [-0.25, -0.2) is 0 Å². The second-order valence-electron chi connectivity index (χ2n) is 5.18. The number of hydrogen-bond donors (Lipinski definition) is 0. The summed E-state index contributed by atoms with van der Waals surface area (Å²) in [5.41, 5.74) is 3.31. The van der Waals surface area contributed by atoms with Crippen LogP contribution in [0, 0.1) is 0 Å². The van der Waals surface area contributed by atoms with E-state index in [1.54, 1.807) is 0 Å². The van der Waals surface area contributed by atoms with Crippen molar-refractivity contribution in [3.05, 3.63) is 23.8 Å². The summed E-state index contributed by atoms with van der Waals surface area (Å²) in [7, 11) is 0. The van der Waals surface area contributed by atoms with Gasteiger partial charge in [0, 0.05) is 37.8 Å². The Hall–Kier alpha value is -1.35. The quantitative estimate of drug-likeness (QED) is 0.786. The molecule has 0 aromatic heterocycles. The second-order valence-corrected chi connectivity index (χ2v) is 5.18. The molecule has 3 heteroatoms. The van der Waals surface area contributed by atoms with Crippen molar-refractivity contribution in [1.29, 1.82) is 0 Å². The Morgan fingerprint density at radius 2 is 1.88 bits per heavy atom. The Bertz CT molecular complexity index is 459. The summed E-state index contributed by atoms with van der Waals surface area (Å²) in [5, 5.41) is 0. The van der Waals surface area contributed by atoms with Crippen molar-refractivity contribution >= 4 is 5.91 Å². The highest BCUT2D eigenvalue weighted by atomic mass is 16.2. The molecule has 0 radical (unpaired) electrons. The fraction of sp³-hybridized carbons (Fsp3) is 0.500. The molecule has 0 saturated carbocycles. The van der Waals surface area contributed by atoms with E-state index in [0.29, 0.717) is 6.04 Å². The number of carbonyl (C=O) groups excluding carboxylic acids is 1. The van der Waals surface area contributed by atoms with Crippen LogP contribution in [0.3, 0.4) is 0 Å². The molecule has 0 unspecified atom stereocenters. The van der Waals surface area contributed by atoms with Crippen LogP contribution in [0.4, 0.5) is 0 Å². The van der Waals surface area contributed by atoms with Crippen LogP contribution in [0.5, 0.6) is 0 Å². The number of fused-ring (bicyclic) bond motifs is 1. The van der Waals surface area contributed by atoms with Gasteiger partial charge in [-0.15, -0.1) is 0 Å². The molecule has 2 aliphatic carbocycles.